The lowest BCUT2D eigenvalue weighted by atomic mass is 9.83. The normalized spacial score (nSPS) is 17.5. The third-order valence-electron chi connectivity index (χ3n) is 7.14. The summed E-state index contributed by atoms with van der Waals surface area (Å²) in [5.41, 5.74) is 1.72. The van der Waals surface area contributed by atoms with Gasteiger partial charge in [0.15, 0.2) is 5.76 Å². The van der Waals surface area contributed by atoms with Gasteiger partial charge in [0.2, 0.25) is 5.91 Å². The molecule has 3 heterocycles. The molecule has 2 aromatic carbocycles. The number of hydrogen-bond donors (Lipinski definition) is 0. The third kappa shape index (κ3) is 5.74. The van der Waals surface area contributed by atoms with Gasteiger partial charge in [-0.1, -0.05) is 30.3 Å². The van der Waals surface area contributed by atoms with Crippen LogP contribution in [0.15, 0.2) is 82.4 Å². The number of rotatable bonds is 8. The lowest BCUT2D eigenvalue weighted by Gasteiger charge is -2.34. The Morgan fingerprint density at radius 2 is 1.72 bits per heavy atom. The monoisotopic (exact) mass is 528 g/mol. The van der Waals surface area contributed by atoms with Crippen molar-refractivity contribution in [2.45, 2.75) is 45.6 Å². The summed E-state index contributed by atoms with van der Waals surface area (Å²) in [5.74, 6) is 0.804. The van der Waals surface area contributed by atoms with Crippen LogP contribution in [-0.2, 0) is 20.9 Å². The van der Waals surface area contributed by atoms with Crippen molar-refractivity contribution in [3.05, 3.63) is 95.1 Å². The summed E-state index contributed by atoms with van der Waals surface area (Å²) in [7, 11) is 0. The zero-order chi connectivity index (χ0) is 27.4. The molecule has 0 spiro atoms. The van der Waals surface area contributed by atoms with Gasteiger partial charge in [-0.3, -0.25) is 9.59 Å². The number of hydrogen-bond acceptors (Lipinski definition) is 6. The van der Waals surface area contributed by atoms with E-state index in [4.69, 9.17) is 13.9 Å². The molecule has 0 N–H and O–H groups in total. The third-order valence-corrected chi connectivity index (χ3v) is 7.14. The molecule has 0 aliphatic carbocycles. The van der Waals surface area contributed by atoms with Crippen LogP contribution in [0.2, 0.25) is 0 Å². The van der Waals surface area contributed by atoms with E-state index in [1.165, 1.54) is 4.90 Å². The number of ether oxygens (including phenoxy) is 2. The number of likely N-dealkylation sites (tertiary alicyclic amines) is 1. The fraction of sp³-hybridized carbons (Fsp3) is 0.323. The molecule has 0 saturated carbocycles. The van der Waals surface area contributed by atoms with Crippen LogP contribution in [0.4, 0.5) is 0 Å². The van der Waals surface area contributed by atoms with E-state index in [1.54, 1.807) is 30.9 Å². The molecule has 5 rings (SSSR count). The van der Waals surface area contributed by atoms with E-state index in [2.05, 4.69) is 0 Å². The molecule has 1 fully saturated rings. The minimum absolute atomic E-state index is 0.0839. The van der Waals surface area contributed by atoms with Crippen LogP contribution in [0.25, 0.3) is 0 Å². The number of nitrogens with zero attached hydrogens (tertiary/aromatic N) is 2. The quantitative estimate of drug-likeness (QED) is 0.351. The number of furan rings is 1. The number of allylic oxidation sites excluding steroid dienone is 1. The summed E-state index contributed by atoms with van der Waals surface area (Å²) in [6.07, 6.45) is 2.07. The van der Waals surface area contributed by atoms with Crippen molar-refractivity contribution in [3.8, 4) is 11.5 Å². The van der Waals surface area contributed by atoms with E-state index in [-0.39, 0.29) is 37.1 Å². The summed E-state index contributed by atoms with van der Waals surface area (Å²) in [6, 6.07) is 20.2. The number of carbonyl (C=O) groups excluding carboxylic acids is 3. The second-order valence-corrected chi connectivity index (χ2v) is 9.71. The second-order valence-electron chi connectivity index (χ2n) is 9.71. The van der Waals surface area contributed by atoms with Crippen LogP contribution in [0.1, 0.15) is 60.9 Å². The number of benzene rings is 2. The van der Waals surface area contributed by atoms with Crippen molar-refractivity contribution in [2.75, 3.05) is 19.7 Å². The average Bonchev–Trinajstić information content (AvgIpc) is 3.64. The summed E-state index contributed by atoms with van der Waals surface area (Å²) in [4.78, 5) is 42.6. The Kier molecular flexibility index (Phi) is 7.81. The van der Waals surface area contributed by atoms with Gasteiger partial charge >= 0.3 is 5.97 Å². The smallest absolute Gasteiger partial charge is 0.336 e. The largest absolute Gasteiger partial charge is 0.463 e. The van der Waals surface area contributed by atoms with Gasteiger partial charge in [0.1, 0.15) is 17.3 Å². The fourth-order valence-corrected chi connectivity index (χ4v) is 5.19. The van der Waals surface area contributed by atoms with Gasteiger partial charge < -0.3 is 23.7 Å². The number of para-hydroxylation sites is 1. The van der Waals surface area contributed by atoms with E-state index in [9.17, 15) is 14.4 Å². The molecule has 8 heteroatoms. The molecular weight excluding hydrogens is 496 g/mol. The highest BCUT2D eigenvalue weighted by molar-refractivity contribution is 5.96. The van der Waals surface area contributed by atoms with Gasteiger partial charge in [-0.05, 0) is 68.7 Å². The number of amides is 2. The highest BCUT2D eigenvalue weighted by Gasteiger charge is 2.37. The van der Waals surface area contributed by atoms with Gasteiger partial charge in [-0.2, -0.15) is 0 Å². The number of carbonyl (C=O) groups is 3. The maximum absolute atomic E-state index is 13.4. The van der Waals surface area contributed by atoms with E-state index >= 15 is 0 Å². The standard InChI is InChI=1S/C31H32N2O6/c1-3-37-31(36)29-21(2)33(20-25-14-15-27(39-25)30(35)32-16-7-8-17-32)28(34)19-26(29)22-10-9-13-24(18-22)38-23-11-5-4-6-12-23/h4-6,9-15,18,26H,3,7-8,16-17,19-20H2,1-2H3. The van der Waals surface area contributed by atoms with Gasteiger partial charge in [-0.15, -0.1) is 0 Å². The summed E-state index contributed by atoms with van der Waals surface area (Å²) < 4.78 is 17.3. The number of esters is 1. The Hall–Kier alpha value is -4.33. The maximum Gasteiger partial charge on any atom is 0.336 e. The Bertz CT molecular complexity index is 1390. The van der Waals surface area contributed by atoms with Crippen LogP contribution in [0, 0.1) is 0 Å². The topological polar surface area (TPSA) is 89.3 Å². The van der Waals surface area contributed by atoms with Crippen LogP contribution in [0.3, 0.4) is 0 Å². The van der Waals surface area contributed by atoms with Crippen molar-refractivity contribution < 1.29 is 28.3 Å². The molecule has 2 aliphatic rings. The molecule has 1 aromatic heterocycles. The first-order valence-electron chi connectivity index (χ1n) is 13.3. The van der Waals surface area contributed by atoms with Crippen molar-refractivity contribution in [2.24, 2.45) is 0 Å². The molecule has 2 amide bonds. The molecular formula is C31H32N2O6. The highest BCUT2D eigenvalue weighted by Crippen LogP contribution is 2.39. The molecule has 8 nitrogen and oxygen atoms in total. The molecule has 3 aromatic rings. The van der Waals surface area contributed by atoms with Crippen LogP contribution < -0.4 is 4.74 Å². The Morgan fingerprint density at radius 1 is 0.974 bits per heavy atom. The molecule has 202 valence electrons. The second kappa shape index (κ2) is 11.6. The van der Waals surface area contributed by atoms with E-state index in [1.807, 2.05) is 54.6 Å². The van der Waals surface area contributed by atoms with E-state index < -0.39 is 11.9 Å². The average molecular weight is 529 g/mol. The summed E-state index contributed by atoms with van der Waals surface area (Å²) >= 11 is 0. The Balaban J connectivity index is 1.42. The SMILES string of the molecule is CCOC(=O)C1=C(C)N(Cc2ccc(C(=O)N3CCCC3)o2)C(=O)CC1c1cccc(Oc2ccccc2)c1. The van der Waals surface area contributed by atoms with Crippen LogP contribution >= 0.6 is 0 Å². The Morgan fingerprint density at radius 3 is 2.46 bits per heavy atom. The first kappa shape index (κ1) is 26.3. The first-order chi connectivity index (χ1) is 18.9. The summed E-state index contributed by atoms with van der Waals surface area (Å²) in [6.45, 7) is 5.29. The van der Waals surface area contributed by atoms with Crippen LogP contribution in [0.5, 0.6) is 11.5 Å². The van der Waals surface area contributed by atoms with Crippen molar-refractivity contribution in [3.63, 3.8) is 0 Å². The van der Waals surface area contributed by atoms with E-state index in [0.717, 1.165) is 31.5 Å². The minimum Gasteiger partial charge on any atom is -0.463 e. The molecule has 1 unspecified atom stereocenters. The van der Waals surface area contributed by atoms with Crippen molar-refractivity contribution in [1.29, 1.82) is 0 Å². The maximum atomic E-state index is 13.4. The predicted molar refractivity (Wildman–Crippen MR) is 144 cm³/mol. The molecule has 1 saturated heterocycles. The lowest BCUT2D eigenvalue weighted by Crippen LogP contribution is -2.38. The minimum atomic E-state index is -0.490. The predicted octanol–water partition coefficient (Wildman–Crippen LogP) is 5.66. The van der Waals surface area contributed by atoms with E-state index in [0.29, 0.717) is 28.5 Å². The molecule has 39 heavy (non-hydrogen) atoms. The first-order valence-corrected chi connectivity index (χ1v) is 13.3. The highest BCUT2D eigenvalue weighted by atomic mass is 16.5. The summed E-state index contributed by atoms with van der Waals surface area (Å²) in [5, 5.41) is 0. The zero-order valence-corrected chi connectivity index (χ0v) is 22.2. The molecule has 0 bridgehead atoms. The zero-order valence-electron chi connectivity index (χ0n) is 22.2. The van der Waals surface area contributed by atoms with Gasteiger partial charge in [0.25, 0.3) is 5.91 Å². The molecule has 1 atom stereocenters. The van der Waals surface area contributed by atoms with Gasteiger partial charge in [0.05, 0.1) is 18.7 Å². The molecule has 0 radical (unpaired) electrons. The van der Waals surface area contributed by atoms with Crippen LogP contribution in [-0.4, -0.2) is 47.3 Å². The Labute approximate surface area is 227 Å². The van der Waals surface area contributed by atoms with Crippen molar-refractivity contribution >= 4 is 17.8 Å². The van der Waals surface area contributed by atoms with Crippen molar-refractivity contribution in [1.82, 2.24) is 9.80 Å². The molecule has 2 aliphatic heterocycles. The van der Waals surface area contributed by atoms with Gasteiger partial charge in [-0.25, -0.2) is 4.79 Å². The lowest BCUT2D eigenvalue weighted by molar-refractivity contribution is -0.140. The fourth-order valence-electron chi connectivity index (χ4n) is 5.19. The van der Waals surface area contributed by atoms with Gasteiger partial charge in [0, 0.05) is 31.1 Å².